The lowest BCUT2D eigenvalue weighted by Gasteiger charge is -2.16. The molecule has 7 aromatic carbocycles. The molecule has 0 N–H and O–H groups in total. The van der Waals surface area contributed by atoms with Gasteiger partial charge in [-0.2, -0.15) is 0 Å². The van der Waals surface area contributed by atoms with Crippen LogP contribution in [0.25, 0.3) is 88.5 Å². The quantitative estimate of drug-likeness (QED) is 0.195. The van der Waals surface area contributed by atoms with Crippen molar-refractivity contribution in [1.29, 1.82) is 0 Å². The molecule has 0 aliphatic carbocycles. The molecule has 0 bridgehead atoms. The van der Waals surface area contributed by atoms with Crippen LogP contribution in [0.15, 0.2) is 173 Å². The van der Waals surface area contributed by atoms with Gasteiger partial charge in [-0.25, -0.2) is 4.98 Å². The Kier molecular flexibility index (Phi) is 5.96. The number of aromatic nitrogens is 3. The van der Waals surface area contributed by atoms with Crippen LogP contribution in [0.4, 0.5) is 0 Å². The zero-order chi connectivity index (χ0) is 32.5. The van der Waals surface area contributed by atoms with Crippen LogP contribution in [0, 0.1) is 0 Å². The highest BCUT2D eigenvalue weighted by molar-refractivity contribution is 6.11. The number of furan rings is 1. The normalized spacial score (nSPS) is 11.8. The van der Waals surface area contributed by atoms with E-state index >= 15 is 0 Å². The lowest BCUT2D eigenvalue weighted by Crippen LogP contribution is -2.22. The van der Waals surface area contributed by atoms with Crippen LogP contribution in [-0.4, -0.2) is 14.1 Å². The minimum atomic E-state index is -0.126. The second-order valence-electron chi connectivity index (χ2n) is 12.3. The minimum absolute atomic E-state index is 0.126. The van der Waals surface area contributed by atoms with E-state index < -0.39 is 0 Å². The first-order valence-corrected chi connectivity index (χ1v) is 16.3. The van der Waals surface area contributed by atoms with Crippen molar-refractivity contribution in [2.75, 3.05) is 0 Å². The summed E-state index contributed by atoms with van der Waals surface area (Å²) in [6, 6.07) is 55.4. The summed E-state index contributed by atoms with van der Waals surface area (Å²) >= 11 is 0. The molecule has 0 radical (unpaired) electrons. The maximum atomic E-state index is 14.5. The van der Waals surface area contributed by atoms with E-state index in [0.717, 1.165) is 55.5 Å². The predicted octanol–water partition coefficient (Wildman–Crippen LogP) is 10.7. The van der Waals surface area contributed by atoms with Crippen LogP contribution in [0.5, 0.6) is 0 Å². The Morgan fingerprint density at radius 3 is 2.04 bits per heavy atom. The Bertz CT molecular complexity index is 2970. The van der Waals surface area contributed by atoms with E-state index in [1.807, 2.05) is 84.9 Å². The first-order valence-electron chi connectivity index (χ1n) is 16.3. The molecule has 0 atom stereocenters. The first kappa shape index (κ1) is 27.4. The third kappa shape index (κ3) is 4.19. The van der Waals surface area contributed by atoms with Gasteiger partial charge in [-0.3, -0.25) is 9.36 Å². The lowest BCUT2D eigenvalue weighted by atomic mass is 10.00. The molecule has 0 aliphatic rings. The van der Waals surface area contributed by atoms with Crippen molar-refractivity contribution in [1.82, 2.24) is 14.1 Å². The summed E-state index contributed by atoms with van der Waals surface area (Å²) in [5, 5.41) is 4.78. The second kappa shape index (κ2) is 10.7. The van der Waals surface area contributed by atoms with Crippen molar-refractivity contribution in [3.63, 3.8) is 0 Å². The van der Waals surface area contributed by atoms with Gasteiger partial charge in [0.05, 0.1) is 33.0 Å². The largest absolute Gasteiger partial charge is 0.456 e. The Hall–Kier alpha value is -6.72. The topological polar surface area (TPSA) is 53.0 Å². The third-order valence-corrected chi connectivity index (χ3v) is 9.54. The van der Waals surface area contributed by atoms with Crippen LogP contribution in [-0.2, 0) is 0 Å². The van der Waals surface area contributed by atoms with Crippen molar-refractivity contribution in [2.24, 2.45) is 0 Å². The Labute approximate surface area is 280 Å². The monoisotopic (exact) mass is 629 g/mol. The van der Waals surface area contributed by atoms with Gasteiger partial charge in [0.2, 0.25) is 0 Å². The van der Waals surface area contributed by atoms with E-state index in [-0.39, 0.29) is 5.56 Å². The molecule has 49 heavy (non-hydrogen) atoms. The number of para-hydroxylation sites is 4. The SMILES string of the molecule is O=c1c2ccccc2nc(-c2cccc(-c3ccc4c(c3)c3ccccc3n4-c3ccccc3)c2)n1-c1cccc2oc3ccccc3c12. The molecule has 5 heteroatoms. The zero-order valence-corrected chi connectivity index (χ0v) is 26.2. The molecule has 0 saturated heterocycles. The van der Waals surface area contributed by atoms with Crippen molar-refractivity contribution < 1.29 is 4.42 Å². The Morgan fingerprint density at radius 2 is 1.14 bits per heavy atom. The highest BCUT2D eigenvalue weighted by Gasteiger charge is 2.20. The molecule has 5 nitrogen and oxygen atoms in total. The van der Waals surface area contributed by atoms with Crippen molar-refractivity contribution >= 4 is 54.6 Å². The van der Waals surface area contributed by atoms with E-state index in [2.05, 4.69) is 83.4 Å². The summed E-state index contributed by atoms with van der Waals surface area (Å²) in [4.78, 5) is 19.6. The summed E-state index contributed by atoms with van der Waals surface area (Å²) in [7, 11) is 0. The van der Waals surface area contributed by atoms with Gasteiger partial charge in [0, 0.05) is 27.4 Å². The van der Waals surface area contributed by atoms with Gasteiger partial charge in [0.15, 0.2) is 0 Å². The highest BCUT2D eigenvalue weighted by Crippen LogP contribution is 2.37. The smallest absolute Gasteiger partial charge is 0.266 e. The zero-order valence-electron chi connectivity index (χ0n) is 26.2. The van der Waals surface area contributed by atoms with Crippen LogP contribution >= 0.6 is 0 Å². The van der Waals surface area contributed by atoms with E-state index in [0.29, 0.717) is 16.7 Å². The van der Waals surface area contributed by atoms with Crippen molar-refractivity contribution in [3.05, 3.63) is 174 Å². The molecule has 230 valence electrons. The van der Waals surface area contributed by atoms with Gasteiger partial charge in [-0.15, -0.1) is 0 Å². The van der Waals surface area contributed by atoms with Gasteiger partial charge in [0.1, 0.15) is 17.0 Å². The van der Waals surface area contributed by atoms with E-state index in [1.54, 1.807) is 4.57 Å². The number of nitrogens with zero attached hydrogens (tertiary/aromatic N) is 3. The molecule has 3 aromatic heterocycles. The van der Waals surface area contributed by atoms with Crippen molar-refractivity contribution in [3.8, 4) is 33.9 Å². The first-order chi connectivity index (χ1) is 24.2. The maximum absolute atomic E-state index is 14.5. The third-order valence-electron chi connectivity index (χ3n) is 9.54. The molecule has 0 saturated carbocycles. The average Bonchev–Trinajstić information content (AvgIpc) is 3.71. The number of hydrogen-bond donors (Lipinski definition) is 0. The number of benzene rings is 7. The van der Waals surface area contributed by atoms with Gasteiger partial charge in [-0.1, -0.05) is 97.1 Å². The average molecular weight is 630 g/mol. The molecule has 0 unspecified atom stereocenters. The summed E-state index contributed by atoms with van der Waals surface area (Å²) in [5.41, 5.74) is 9.18. The minimum Gasteiger partial charge on any atom is -0.456 e. The van der Waals surface area contributed by atoms with Gasteiger partial charge >= 0.3 is 0 Å². The fourth-order valence-electron chi connectivity index (χ4n) is 7.34. The lowest BCUT2D eigenvalue weighted by molar-refractivity contribution is 0.669. The molecule has 0 amide bonds. The predicted molar refractivity (Wildman–Crippen MR) is 200 cm³/mol. The second-order valence-corrected chi connectivity index (χ2v) is 12.3. The van der Waals surface area contributed by atoms with Gasteiger partial charge < -0.3 is 8.98 Å². The fourth-order valence-corrected chi connectivity index (χ4v) is 7.34. The van der Waals surface area contributed by atoms with Crippen LogP contribution in [0.2, 0.25) is 0 Å². The van der Waals surface area contributed by atoms with E-state index in [9.17, 15) is 4.79 Å². The molecule has 10 aromatic rings. The molecular formula is C44H27N3O2. The Balaban J connectivity index is 1.20. The summed E-state index contributed by atoms with van der Waals surface area (Å²) in [5.74, 6) is 0.574. The molecule has 3 heterocycles. The van der Waals surface area contributed by atoms with Crippen LogP contribution < -0.4 is 5.56 Å². The fraction of sp³-hybridized carbons (Fsp3) is 0. The summed E-state index contributed by atoms with van der Waals surface area (Å²) in [6.45, 7) is 0. The number of hydrogen-bond acceptors (Lipinski definition) is 3. The summed E-state index contributed by atoms with van der Waals surface area (Å²) in [6.07, 6.45) is 0. The maximum Gasteiger partial charge on any atom is 0.266 e. The molecule has 0 fully saturated rings. The molecule has 0 aliphatic heterocycles. The van der Waals surface area contributed by atoms with E-state index in [1.165, 1.54) is 16.3 Å². The number of rotatable bonds is 4. The molecule has 10 rings (SSSR count). The van der Waals surface area contributed by atoms with E-state index in [4.69, 9.17) is 9.40 Å². The van der Waals surface area contributed by atoms with Crippen LogP contribution in [0.3, 0.4) is 0 Å². The van der Waals surface area contributed by atoms with Gasteiger partial charge in [-0.05, 0) is 77.9 Å². The number of fused-ring (bicyclic) bond motifs is 7. The van der Waals surface area contributed by atoms with Crippen LogP contribution in [0.1, 0.15) is 0 Å². The molecular weight excluding hydrogens is 603 g/mol. The summed E-state index contributed by atoms with van der Waals surface area (Å²) < 4.78 is 10.3. The highest BCUT2D eigenvalue weighted by atomic mass is 16.3. The van der Waals surface area contributed by atoms with Gasteiger partial charge in [0.25, 0.3) is 5.56 Å². The standard InChI is InChI=1S/C44H27N3O2/c48-44-33-17-4-7-19-36(33)45-43(47(44)39-21-11-23-41-42(39)34-18-6-9-22-40(34)49-41)30-13-10-12-28(26-30)29-24-25-38-35(27-29)32-16-5-8-20-37(32)46(38)31-14-2-1-3-15-31/h1-27H. The molecule has 0 spiro atoms. The Morgan fingerprint density at radius 1 is 0.469 bits per heavy atom. The van der Waals surface area contributed by atoms with Crippen molar-refractivity contribution in [2.45, 2.75) is 0 Å².